The average Bonchev–Trinajstić information content (AvgIpc) is 3.48. The van der Waals surface area contributed by atoms with Gasteiger partial charge in [0.05, 0.1) is 25.5 Å². The molecule has 3 heterocycles. The number of benzene rings is 1. The molecule has 10 nitrogen and oxygen atoms in total. The molecule has 2 aromatic heterocycles. The van der Waals surface area contributed by atoms with Crippen molar-refractivity contribution in [2.24, 2.45) is 0 Å². The summed E-state index contributed by atoms with van der Waals surface area (Å²) in [5.74, 6) is -4.29. The van der Waals surface area contributed by atoms with Gasteiger partial charge in [-0.05, 0) is 43.2 Å². The number of ether oxygens (including phenoxy) is 1. The number of pyridine rings is 1. The van der Waals surface area contributed by atoms with E-state index in [1.54, 1.807) is 29.3 Å². The maximum Gasteiger partial charge on any atom is 0.342 e. The summed E-state index contributed by atoms with van der Waals surface area (Å²) in [6.07, 6.45) is 7.05. The van der Waals surface area contributed by atoms with Crippen LogP contribution in [0, 0.1) is 0 Å². The van der Waals surface area contributed by atoms with Crippen molar-refractivity contribution >= 4 is 35.0 Å². The number of carbonyl (C=O) groups excluding carboxylic acids is 2. The molecule has 1 fully saturated rings. The van der Waals surface area contributed by atoms with E-state index in [2.05, 4.69) is 25.6 Å². The van der Waals surface area contributed by atoms with Crippen molar-refractivity contribution in [3.8, 4) is 5.75 Å². The summed E-state index contributed by atoms with van der Waals surface area (Å²) < 4.78 is 35.2. The van der Waals surface area contributed by atoms with Gasteiger partial charge < -0.3 is 25.2 Å². The summed E-state index contributed by atoms with van der Waals surface area (Å²) in [5.41, 5.74) is 2.00. The summed E-state index contributed by atoms with van der Waals surface area (Å²) in [7, 11) is 2.79. The fraction of sp³-hybridized carbons (Fsp3) is 0.393. The molecule has 1 aliphatic carbocycles. The van der Waals surface area contributed by atoms with Gasteiger partial charge in [-0.1, -0.05) is 18.9 Å². The number of fused-ring (bicyclic) bond motifs is 1. The van der Waals surface area contributed by atoms with Crippen molar-refractivity contribution in [3.63, 3.8) is 0 Å². The lowest BCUT2D eigenvalue weighted by molar-refractivity contribution is -0.140. The van der Waals surface area contributed by atoms with Gasteiger partial charge in [-0.2, -0.15) is 13.8 Å². The molecule has 0 atom stereocenters. The first-order chi connectivity index (χ1) is 19.3. The minimum absolute atomic E-state index is 0.142. The van der Waals surface area contributed by atoms with Crippen LogP contribution in [0.4, 0.5) is 31.9 Å². The molecule has 0 spiro atoms. The Morgan fingerprint density at radius 3 is 2.70 bits per heavy atom. The quantitative estimate of drug-likeness (QED) is 0.433. The van der Waals surface area contributed by atoms with Crippen molar-refractivity contribution in [3.05, 3.63) is 60.0 Å². The lowest BCUT2D eigenvalue weighted by atomic mass is 10.1. The van der Waals surface area contributed by atoms with Crippen LogP contribution < -0.4 is 25.2 Å². The van der Waals surface area contributed by atoms with Crippen LogP contribution >= 0.6 is 0 Å². The van der Waals surface area contributed by atoms with Crippen molar-refractivity contribution in [1.82, 2.24) is 20.3 Å². The second-order valence-corrected chi connectivity index (χ2v) is 9.90. The highest BCUT2D eigenvalue weighted by Crippen LogP contribution is 2.40. The highest BCUT2D eigenvalue weighted by atomic mass is 19.3. The second kappa shape index (κ2) is 11.4. The Kier molecular flexibility index (Phi) is 7.76. The van der Waals surface area contributed by atoms with Crippen molar-refractivity contribution < 1.29 is 23.1 Å². The second-order valence-electron chi connectivity index (χ2n) is 9.90. The SMILES string of the molecule is COc1cc(C(=O)NCCc2ccccn2)ccc1Nc1ncc2c(n1)N(C1CCCC1)CC(F)(F)C(=O)N2C. The number of alkyl halides is 2. The molecule has 0 radical (unpaired) electrons. The van der Waals surface area contributed by atoms with Gasteiger partial charge in [0.25, 0.3) is 11.8 Å². The van der Waals surface area contributed by atoms with Crippen LogP contribution in [0.1, 0.15) is 41.7 Å². The van der Waals surface area contributed by atoms with E-state index >= 15 is 0 Å². The molecule has 0 bridgehead atoms. The maximum absolute atomic E-state index is 14.8. The van der Waals surface area contributed by atoms with Crippen LogP contribution in [0.3, 0.4) is 0 Å². The number of carbonyl (C=O) groups is 2. The first-order valence-corrected chi connectivity index (χ1v) is 13.2. The summed E-state index contributed by atoms with van der Waals surface area (Å²) in [6, 6.07) is 10.4. The van der Waals surface area contributed by atoms with E-state index in [-0.39, 0.29) is 29.4 Å². The number of halogens is 2. The van der Waals surface area contributed by atoms with Gasteiger partial charge in [-0.25, -0.2) is 4.98 Å². The molecule has 40 heavy (non-hydrogen) atoms. The molecule has 5 rings (SSSR count). The summed E-state index contributed by atoms with van der Waals surface area (Å²) in [4.78, 5) is 40.8. The zero-order valence-electron chi connectivity index (χ0n) is 22.4. The molecule has 3 aromatic rings. The number of nitrogens with zero attached hydrogens (tertiary/aromatic N) is 5. The highest BCUT2D eigenvalue weighted by Gasteiger charge is 2.48. The number of anilines is 4. The van der Waals surface area contributed by atoms with Crippen LogP contribution in [0.5, 0.6) is 5.75 Å². The lowest BCUT2D eigenvalue weighted by Crippen LogP contribution is -2.48. The van der Waals surface area contributed by atoms with Gasteiger partial charge in [0, 0.05) is 43.5 Å². The number of rotatable bonds is 8. The monoisotopic (exact) mass is 551 g/mol. The fourth-order valence-electron chi connectivity index (χ4n) is 5.11. The Morgan fingerprint density at radius 1 is 1.18 bits per heavy atom. The number of amides is 2. The van der Waals surface area contributed by atoms with Gasteiger partial charge in [0.15, 0.2) is 5.82 Å². The highest BCUT2D eigenvalue weighted by molar-refractivity contribution is 6.02. The third-order valence-electron chi connectivity index (χ3n) is 7.24. The summed E-state index contributed by atoms with van der Waals surface area (Å²) in [6.45, 7) is -0.313. The zero-order valence-corrected chi connectivity index (χ0v) is 22.4. The third kappa shape index (κ3) is 5.65. The van der Waals surface area contributed by atoms with E-state index < -0.39 is 18.4 Å². The Hall–Kier alpha value is -4.35. The number of nitrogens with one attached hydrogen (secondary N) is 2. The van der Waals surface area contributed by atoms with Gasteiger partial charge in [-0.3, -0.25) is 14.6 Å². The predicted octanol–water partition coefficient (Wildman–Crippen LogP) is 3.96. The molecule has 2 aliphatic rings. The van der Waals surface area contributed by atoms with Gasteiger partial charge in [0.1, 0.15) is 11.4 Å². The number of hydrogen-bond acceptors (Lipinski definition) is 8. The van der Waals surface area contributed by atoms with E-state index in [1.807, 2.05) is 18.2 Å². The first-order valence-electron chi connectivity index (χ1n) is 13.2. The topological polar surface area (TPSA) is 113 Å². The molecule has 1 aromatic carbocycles. The lowest BCUT2D eigenvalue weighted by Gasteiger charge is -2.31. The molecule has 210 valence electrons. The first kappa shape index (κ1) is 27.2. The molecular weight excluding hydrogens is 520 g/mol. The molecule has 0 saturated heterocycles. The fourth-order valence-corrected chi connectivity index (χ4v) is 5.11. The van der Waals surface area contributed by atoms with E-state index in [9.17, 15) is 18.4 Å². The van der Waals surface area contributed by atoms with Crippen LogP contribution in [-0.4, -0.2) is 66.0 Å². The minimum atomic E-state index is -3.55. The third-order valence-corrected chi connectivity index (χ3v) is 7.24. The standard InChI is InChI=1S/C28H31F2N7O3/c1-36-22-16-33-27(35-24(22)37(20-8-3-4-9-20)17-28(29,30)26(36)39)34-21-11-10-18(15-23(21)40-2)25(38)32-14-12-19-7-5-6-13-31-19/h5-7,10-11,13,15-16,20H,3-4,8-9,12,14,17H2,1-2H3,(H,32,38)(H,33,34,35). The smallest absolute Gasteiger partial charge is 0.342 e. The van der Waals surface area contributed by atoms with E-state index in [0.29, 0.717) is 30.0 Å². The van der Waals surface area contributed by atoms with Gasteiger partial charge >= 0.3 is 5.92 Å². The largest absolute Gasteiger partial charge is 0.495 e. The van der Waals surface area contributed by atoms with Crippen LogP contribution in [0.25, 0.3) is 0 Å². The Balaban J connectivity index is 1.36. The molecular formula is C28H31F2N7O3. The molecule has 2 amide bonds. The summed E-state index contributed by atoms with van der Waals surface area (Å²) in [5, 5.41) is 5.95. The normalized spacial score (nSPS) is 16.9. The van der Waals surface area contributed by atoms with Crippen molar-refractivity contribution in [1.29, 1.82) is 0 Å². The Labute approximate surface area is 230 Å². The Bertz CT molecular complexity index is 1380. The average molecular weight is 552 g/mol. The van der Waals surface area contributed by atoms with E-state index in [4.69, 9.17) is 4.74 Å². The minimum Gasteiger partial charge on any atom is -0.495 e. The van der Waals surface area contributed by atoms with Gasteiger partial charge in [-0.15, -0.1) is 0 Å². The number of hydrogen-bond donors (Lipinski definition) is 2. The predicted molar refractivity (Wildman–Crippen MR) is 147 cm³/mol. The van der Waals surface area contributed by atoms with Crippen LogP contribution in [0.2, 0.25) is 0 Å². The Morgan fingerprint density at radius 2 is 1.98 bits per heavy atom. The number of methoxy groups -OCH3 is 1. The van der Waals surface area contributed by atoms with E-state index in [0.717, 1.165) is 36.3 Å². The van der Waals surface area contributed by atoms with E-state index in [1.165, 1.54) is 20.4 Å². The number of aromatic nitrogens is 3. The zero-order chi connectivity index (χ0) is 28.3. The molecule has 1 saturated carbocycles. The maximum atomic E-state index is 14.8. The van der Waals surface area contributed by atoms with Crippen LogP contribution in [0.15, 0.2) is 48.8 Å². The van der Waals surface area contributed by atoms with Gasteiger partial charge in [0.2, 0.25) is 5.95 Å². The van der Waals surface area contributed by atoms with Crippen LogP contribution in [-0.2, 0) is 11.2 Å². The molecule has 2 N–H and O–H groups in total. The summed E-state index contributed by atoms with van der Waals surface area (Å²) >= 11 is 0. The van der Waals surface area contributed by atoms with Crippen molar-refractivity contribution in [2.45, 2.75) is 44.1 Å². The molecule has 12 heteroatoms. The molecule has 1 aliphatic heterocycles. The molecule has 0 unspecified atom stereocenters. The van der Waals surface area contributed by atoms with Crippen molar-refractivity contribution in [2.75, 3.05) is 42.4 Å².